The van der Waals surface area contributed by atoms with Gasteiger partial charge in [0.2, 0.25) is 11.3 Å². The quantitative estimate of drug-likeness (QED) is 0.492. The van der Waals surface area contributed by atoms with Crippen LogP contribution in [0.2, 0.25) is 0 Å². The SMILES string of the molecule is NC(=O)C(O)C(O)c1ccc2c(=O)c(C(=O)O)c[nH]c2c1. The molecule has 0 aliphatic carbocycles. The maximum absolute atomic E-state index is 11.9. The van der Waals surface area contributed by atoms with Gasteiger partial charge in [0, 0.05) is 17.1 Å². The first kappa shape index (κ1) is 14.7. The number of carboxylic acid groups (broad SMARTS) is 1. The van der Waals surface area contributed by atoms with Crippen molar-refractivity contribution in [3.8, 4) is 0 Å². The van der Waals surface area contributed by atoms with Crippen LogP contribution >= 0.6 is 0 Å². The molecule has 0 bridgehead atoms. The van der Waals surface area contributed by atoms with E-state index in [1.54, 1.807) is 0 Å². The number of nitrogens with two attached hydrogens (primary N) is 1. The minimum atomic E-state index is -1.78. The second-order valence-electron chi connectivity index (χ2n) is 4.43. The number of hydrogen-bond donors (Lipinski definition) is 5. The van der Waals surface area contributed by atoms with Crippen LogP contribution in [0.1, 0.15) is 22.0 Å². The fourth-order valence-electron chi connectivity index (χ4n) is 1.92. The second-order valence-corrected chi connectivity index (χ2v) is 4.43. The predicted molar refractivity (Wildman–Crippen MR) is 71.7 cm³/mol. The highest BCUT2D eigenvalue weighted by molar-refractivity contribution is 5.92. The number of aromatic nitrogens is 1. The number of carbonyl (C=O) groups excluding carboxylic acids is 1. The van der Waals surface area contributed by atoms with Gasteiger partial charge in [-0.05, 0) is 17.7 Å². The molecule has 2 unspecified atom stereocenters. The van der Waals surface area contributed by atoms with Gasteiger partial charge in [0.1, 0.15) is 11.7 Å². The van der Waals surface area contributed by atoms with Crippen molar-refractivity contribution in [1.29, 1.82) is 0 Å². The summed E-state index contributed by atoms with van der Waals surface area (Å²) in [7, 11) is 0. The number of fused-ring (bicyclic) bond motifs is 1. The van der Waals surface area contributed by atoms with Crippen LogP contribution in [-0.4, -0.2) is 38.3 Å². The largest absolute Gasteiger partial charge is 0.477 e. The molecule has 6 N–H and O–H groups in total. The molecule has 2 atom stereocenters. The van der Waals surface area contributed by atoms with Crippen molar-refractivity contribution in [3.63, 3.8) is 0 Å². The van der Waals surface area contributed by atoms with Crippen LogP contribution in [0.25, 0.3) is 10.9 Å². The Labute approximate surface area is 117 Å². The summed E-state index contributed by atoms with van der Waals surface area (Å²) in [6, 6.07) is 3.94. The van der Waals surface area contributed by atoms with Crippen LogP contribution in [0.3, 0.4) is 0 Å². The number of hydrogen-bond acceptors (Lipinski definition) is 5. The Kier molecular flexibility index (Phi) is 3.74. The Morgan fingerprint density at radius 1 is 1.24 bits per heavy atom. The maximum atomic E-state index is 11.9. The minimum Gasteiger partial charge on any atom is -0.477 e. The Balaban J connectivity index is 2.54. The van der Waals surface area contributed by atoms with E-state index in [0.717, 1.165) is 6.20 Å². The van der Waals surface area contributed by atoms with E-state index in [1.807, 2.05) is 0 Å². The fourth-order valence-corrected chi connectivity index (χ4v) is 1.92. The highest BCUT2D eigenvalue weighted by Gasteiger charge is 2.24. The monoisotopic (exact) mass is 292 g/mol. The summed E-state index contributed by atoms with van der Waals surface area (Å²) in [6.07, 6.45) is -2.30. The molecule has 2 aromatic rings. The van der Waals surface area contributed by atoms with Crippen molar-refractivity contribution in [2.45, 2.75) is 12.2 Å². The molecular formula is C13H12N2O6. The van der Waals surface area contributed by atoms with Gasteiger partial charge in [0.25, 0.3) is 0 Å². The molecule has 0 aliphatic rings. The van der Waals surface area contributed by atoms with Crippen molar-refractivity contribution >= 4 is 22.8 Å². The number of pyridine rings is 1. The molecule has 1 aromatic heterocycles. The van der Waals surface area contributed by atoms with E-state index in [2.05, 4.69) is 4.98 Å². The minimum absolute atomic E-state index is 0.111. The van der Waals surface area contributed by atoms with Crippen molar-refractivity contribution in [2.75, 3.05) is 0 Å². The van der Waals surface area contributed by atoms with Crippen LogP contribution in [0.15, 0.2) is 29.2 Å². The zero-order valence-electron chi connectivity index (χ0n) is 10.6. The number of aromatic carboxylic acids is 1. The van der Waals surface area contributed by atoms with Gasteiger partial charge in [-0.2, -0.15) is 0 Å². The molecule has 110 valence electrons. The maximum Gasteiger partial charge on any atom is 0.341 e. The summed E-state index contributed by atoms with van der Waals surface area (Å²) in [5.74, 6) is -2.44. The molecular weight excluding hydrogens is 280 g/mol. The molecule has 0 saturated carbocycles. The molecule has 0 saturated heterocycles. The van der Waals surface area contributed by atoms with E-state index >= 15 is 0 Å². The normalized spacial score (nSPS) is 13.8. The van der Waals surface area contributed by atoms with Gasteiger partial charge in [-0.3, -0.25) is 9.59 Å². The molecule has 0 radical (unpaired) electrons. The first-order valence-electron chi connectivity index (χ1n) is 5.87. The average molecular weight is 292 g/mol. The van der Waals surface area contributed by atoms with Gasteiger partial charge < -0.3 is 26.0 Å². The third kappa shape index (κ3) is 2.62. The summed E-state index contributed by atoms with van der Waals surface area (Å²) >= 11 is 0. The van der Waals surface area contributed by atoms with Gasteiger partial charge in [0.15, 0.2) is 6.10 Å². The van der Waals surface area contributed by atoms with Gasteiger partial charge in [-0.15, -0.1) is 0 Å². The van der Waals surface area contributed by atoms with E-state index in [9.17, 15) is 24.6 Å². The van der Waals surface area contributed by atoms with E-state index in [0.29, 0.717) is 0 Å². The Morgan fingerprint density at radius 2 is 1.90 bits per heavy atom. The first-order valence-corrected chi connectivity index (χ1v) is 5.87. The van der Waals surface area contributed by atoms with Gasteiger partial charge >= 0.3 is 5.97 Å². The topological polar surface area (TPSA) is 154 Å². The third-order valence-electron chi connectivity index (χ3n) is 3.07. The van der Waals surface area contributed by atoms with Crippen molar-refractivity contribution in [2.24, 2.45) is 5.73 Å². The number of aliphatic hydroxyl groups is 2. The molecule has 1 aromatic carbocycles. The lowest BCUT2D eigenvalue weighted by atomic mass is 10.0. The van der Waals surface area contributed by atoms with Crippen molar-refractivity contribution in [1.82, 2.24) is 4.98 Å². The number of carboxylic acids is 1. The summed E-state index contributed by atoms with van der Waals surface area (Å²) in [6.45, 7) is 0. The van der Waals surface area contributed by atoms with E-state index in [1.165, 1.54) is 18.2 Å². The number of aromatic amines is 1. The smallest absolute Gasteiger partial charge is 0.341 e. The number of primary amides is 1. The van der Waals surface area contributed by atoms with Gasteiger partial charge in [0.05, 0.1) is 0 Å². The fraction of sp³-hybridized carbons (Fsp3) is 0.154. The lowest BCUT2D eigenvalue weighted by Crippen LogP contribution is -2.33. The number of rotatable bonds is 4. The zero-order chi connectivity index (χ0) is 15.7. The molecule has 0 spiro atoms. The van der Waals surface area contributed by atoms with Gasteiger partial charge in [-0.25, -0.2) is 4.79 Å². The second kappa shape index (κ2) is 5.35. The molecule has 1 heterocycles. The van der Waals surface area contributed by atoms with Gasteiger partial charge in [-0.1, -0.05) is 6.07 Å². The Bertz CT molecular complexity index is 782. The molecule has 8 heteroatoms. The average Bonchev–Trinajstić information content (AvgIpc) is 2.45. The lowest BCUT2D eigenvalue weighted by Gasteiger charge is -2.15. The number of H-pyrrole nitrogens is 1. The van der Waals surface area contributed by atoms with Crippen LogP contribution in [-0.2, 0) is 4.79 Å². The molecule has 2 rings (SSSR count). The van der Waals surface area contributed by atoms with Crippen LogP contribution < -0.4 is 11.2 Å². The summed E-state index contributed by atoms with van der Waals surface area (Å²) < 4.78 is 0. The lowest BCUT2D eigenvalue weighted by molar-refractivity contribution is -0.131. The number of benzene rings is 1. The van der Waals surface area contributed by atoms with Crippen molar-refractivity contribution in [3.05, 3.63) is 45.7 Å². The highest BCUT2D eigenvalue weighted by Crippen LogP contribution is 2.20. The first-order chi connectivity index (χ1) is 9.82. The third-order valence-corrected chi connectivity index (χ3v) is 3.07. The summed E-state index contributed by atoms with van der Waals surface area (Å²) in [4.78, 5) is 36.2. The number of nitrogens with one attached hydrogen (secondary N) is 1. The zero-order valence-corrected chi connectivity index (χ0v) is 10.6. The molecule has 8 nitrogen and oxygen atoms in total. The molecule has 21 heavy (non-hydrogen) atoms. The van der Waals surface area contributed by atoms with E-state index in [-0.39, 0.29) is 16.5 Å². The van der Waals surface area contributed by atoms with E-state index < -0.39 is 35.1 Å². The summed E-state index contributed by atoms with van der Waals surface area (Å²) in [5.41, 5.74) is 4.23. The van der Waals surface area contributed by atoms with Crippen LogP contribution in [0.4, 0.5) is 0 Å². The van der Waals surface area contributed by atoms with Crippen LogP contribution in [0, 0.1) is 0 Å². The predicted octanol–water partition coefficient (Wildman–Crippen LogP) is -0.894. The van der Waals surface area contributed by atoms with E-state index in [4.69, 9.17) is 10.8 Å². The van der Waals surface area contributed by atoms with Crippen LogP contribution in [0.5, 0.6) is 0 Å². The Morgan fingerprint density at radius 3 is 2.48 bits per heavy atom. The van der Waals surface area contributed by atoms with Crippen molar-refractivity contribution < 1.29 is 24.9 Å². The standard InChI is InChI=1S/C13H12N2O6/c14-12(19)11(18)9(16)5-1-2-6-8(3-5)15-4-7(10(6)17)13(20)21/h1-4,9,11,16,18H,(H2,14,19)(H,15,17)(H,20,21). The molecule has 0 fully saturated rings. The number of amides is 1. The highest BCUT2D eigenvalue weighted by atomic mass is 16.4. The molecule has 0 aliphatic heterocycles. The summed E-state index contributed by atoms with van der Waals surface area (Å²) in [5, 5.41) is 28.2. The number of carbonyl (C=O) groups is 2. The Hall–Kier alpha value is -2.71. The molecule has 1 amide bonds. The number of aliphatic hydroxyl groups excluding tert-OH is 2.